The van der Waals surface area contributed by atoms with Gasteiger partial charge in [-0.1, -0.05) is 72.8 Å². The first-order chi connectivity index (χ1) is 19.9. The van der Waals surface area contributed by atoms with Crippen LogP contribution in [0.1, 0.15) is 51.5 Å². The van der Waals surface area contributed by atoms with Gasteiger partial charge in [-0.2, -0.15) is 5.26 Å². The second-order valence-corrected chi connectivity index (χ2v) is 11.1. The SMILES string of the molecule is N#Cc1c(NC(=O)[C@H](Cc2ccc([N+](=O)[O-])cc2)NC(=O)C(c2ccccc2)c2ccccc2)sc2c1CCCC2. The van der Waals surface area contributed by atoms with E-state index in [1.54, 1.807) is 12.1 Å². The Morgan fingerprint density at radius 2 is 1.51 bits per heavy atom. The lowest BCUT2D eigenvalue weighted by Crippen LogP contribution is -2.47. The molecule has 2 N–H and O–H groups in total. The molecular weight excluding hydrogens is 536 g/mol. The summed E-state index contributed by atoms with van der Waals surface area (Å²) in [5, 5.41) is 27.4. The van der Waals surface area contributed by atoms with Crippen molar-refractivity contribution in [1.82, 2.24) is 5.32 Å². The van der Waals surface area contributed by atoms with Crippen LogP contribution in [0.3, 0.4) is 0 Å². The van der Waals surface area contributed by atoms with Crippen molar-refractivity contribution in [1.29, 1.82) is 5.26 Å². The number of nitriles is 1. The average molecular weight is 565 g/mol. The van der Waals surface area contributed by atoms with E-state index in [2.05, 4.69) is 16.7 Å². The van der Waals surface area contributed by atoms with E-state index >= 15 is 0 Å². The summed E-state index contributed by atoms with van der Waals surface area (Å²) in [7, 11) is 0. The summed E-state index contributed by atoms with van der Waals surface area (Å²) in [5.41, 5.74) is 3.65. The third-order valence-electron chi connectivity index (χ3n) is 7.27. The van der Waals surface area contributed by atoms with E-state index in [0.717, 1.165) is 47.3 Å². The van der Waals surface area contributed by atoms with Gasteiger partial charge in [-0.25, -0.2) is 0 Å². The van der Waals surface area contributed by atoms with Gasteiger partial charge in [0.05, 0.1) is 16.4 Å². The topological polar surface area (TPSA) is 125 Å². The molecule has 1 atom stereocenters. The van der Waals surface area contributed by atoms with Crippen molar-refractivity contribution in [3.05, 3.63) is 128 Å². The molecule has 1 aromatic heterocycles. The number of benzene rings is 3. The first-order valence-corrected chi connectivity index (χ1v) is 14.3. The van der Waals surface area contributed by atoms with Crippen LogP contribution in [0.15, 0.2) is 84.9 Å². The summed E-state index contributed by atoms with van der Waals surface area (Å²) >= 11 is 1.42. The molecule has 3 aromatic carbocycles. The molecule has 0 unspecified atom stereocenters. The van der Waals surface area contributed by atoms with Gasteiger partial charge in [0.25, 0.3) is 5.69 Å². The van der Waals surface area contributed by atoms with Crippen LogP contribution in [-0.2, 0) is 28.9 Å². The summed E-state index contributed by atoms with van der Waals surface area (Å²) in [6.45, 7) is 0. The van der Waals surface area contributed by atoms with Crippen LogP contribution >= 0.6 is 11.3 Å². The van der Waals surface area contributed by atoms with Gasteiger partial charge in [0.15, 0.2) is 0 Å². The fourth-order valence-corrected chi connectivity index (χ4v) is 6.45. The first-order valence-electron chi connectivity index (χ1n) is 13.4. The van der Waals surface area contributed by atoms with Gasteiger partial charge in [0.1, 0.15) is 17.1 Å². The van der Waals surface area contributed by atoms with E-state index < -0.39 is 22.8 Å². The van der Waals surface area contributed by atoms with Gasteiger partial charge < -0.3 is 10.6 Å². The fraction of sp³-hybridized carbons (Fsp3) is 0.219. The number of thiophene rings is 1. The Bertz CT molecular complexity index is 1560. The minimum absolute atomic E-state index is 0.0603. The van der Waals surface area contributed by atoms with Crippen LogP contribution in [0, 0.1) is 21.4 Å². The standard InChI is InChI=1S/C32H28N4O4S/c33-20-26-25-13-7-8-14-28(25)41-32(26)35-30(37)27(19-21-15-17-24(18-16-21)36(39)40)34-31(38)29(22-9-3-1-4-10-22)23-11-5-2-6-12-23/h1-6,9-12,15-18,27,29H,7-8,13-14,19H2,(H,34,38)(H,35,37)/t27-/m0/s1. The normalized spacial score (nSPS) is 13.1. The van der Waals surface area contributed by atoms with Crippen LogP contribution in [-0.4, -0.2) is 22.8 Å². The van der Waals surface area contributed by atoms with Crippen molar-refractivity contribution in [3.63, 3.8) is 0 Å². The van der Waals surface area contributed by atoms with Crippen molar-refractivity contribution in [3.8, 4) is 6.07 Å². The molecule has 0 aliphatic heterocycles. The Morgan fingerprint density at radius 1 is 0.902 bits per heavy atom. The van der Waals surface area contributed by atoms with Gasteiger partial charge in [-0.15, -0.1) is 11.3 Å². The number of carbonyl (C=O) groups excluding carboxylic acids is 2. The number of nitro groups is 1. The Morgan fingerprint density at radius 3 is 2.10 bits per heavy atom. The fourth-order valence-electron chi connectivity index (χ4n) is 5.21. The molecule has 0 spiro atoms. The van der Waals surface area contributed by atoms with Crippen molar-refractivity contribution >= 4 is 33.8 Å². The number of aryl methyl sites for hydroxylation is 1. The van der Waals surface area contributed by atoms with Crippen molar-refractivity contribution in [2.45, 2.75) is 44.1 Å². The van der Waals surface area contributed by atoms with Crippen LogP contribution < -0.4 is 10.6 Å². The zero-order valence-corrected chi connectivity index (χ0v) is 23.0. The molecule has 1 aliphatic carbocycles. The molecule has 0 saturated heterocycles. The monoisotopic (exact) mass is 564 g/mol. The van der Waals surface area contributed by atoms with Gasteiger partial charge in [-0.3, -0.25) is 19.7 Å². The van der Waals surface area contributed by atoms with E-state index in [1.165, 1.54) is 23.5 Å². The number of carbonyl (C=O) groups is 2. The molecular formula is C32H28N4O4S. The molecule has 0 bridgehead atoms. The lowest BCUT2D eigenvalue weighted by atomic mass is 9.90. The number of nitrogens with one attached hydrogen (secondary N) is 2. The van der Waals surface area contributed by atoms with Crippen LogP contribution in [0.5, 0.6) is 0 Å². The average Bonchev–Trinajstić information content (AvgIpc) is 3.35. The number of hydrogen-bond acceptors (Lipinski definition) is 6. The molecule has 4 aromatic rings. The van der Waals surface area contributed by atoms with E-state index in [9.17, 15) is 25.0 Å². The van der Waals surface area contributed by atoms with Crippen molar-refractivity contribution in [2.24, 2.45) is 0 Å². The zero-order chi connectivity index (χ0) is 28.8. The largest absolute Gasteiger partial charge is 0.343 e. The Labute approximate surface area is 241 Å². The van der Waals surface area contributed by atoms with Crippen molar-refractivity contribution < 1.29 is 14.5 Å². The molecule has 1 aliphatic rings. The molecule has 2 amide bonds. The third kappa shape index (κ3) is 6.34. The second-order valence-electron chi connectivity index (χ2n) is 9.96. The highest BCUT2D eigenvalue weighted by molar-refractivity contribution is 7.16. The molecule has 0 fully saturated rings. The number of amides is 2. The molecule has 1 heterocycles. The summed E-state index contributed by atoms with van der Waals surface area (Å²) in [4.78, 5) is 39.4. The zero-order valence-electron chi connectivity index (χ0n) is 22.2. The predicted molar refractivity (Wildman–Crippen MR) is 158 cm³/mol. The minimum Gasteiger partial charge on any atom is -0.343 e. The number of non-ortho nitro benzene ring substituents is 1. The minimum atomic E-state index is -0.996. The van der Waals surface area contributed by atoms with E-state index in [4.69, 9.17) is 0 Å². The predicted octanol–water partition coefficient (Wildman–Crippen LogP) is 5.90. The highest BCUT2D eigenvalue weighted by Gasteiger charge is 2.30. The van der Waals surface area contributed by atoms with E-state index in [1.807, 2.05) is 60.7 Å². The number of hydrogen-bond donors (Lipinski definition) is 2. The summed E-state index contributed by atoms with van der Waals surface area (Å²) in [5.74, 6) is -1.46. The lowest BCUT2D eigenvalue weighted by Gasteiger charge is -2.23. The smallest absolute Gasteiger partial charge is 0.269 e. The van der Waals surface area contributed by atoms with Crippen LogP contribution in [0.2, 0.25) is 0 Å². The van der Waals surface area contributed by atoms with Gasteiger partial charge in [0, 0.05) is 23.4 Å². The molecule has 8 nitrogen and oxygen atoms in total. The first kappa shape index (κ1) is 27.7. The quantitative estimate of drug-likeness (QED) is 0.193. The van der Waals surface area contributed by atoms with Crippen LogP contribution in [0.4, 0.5) is 10.7 Å². The molecule has 9 heteroatoms. The highest BCUT2D eigenvalue weighted by Crippen LogP contribution is 2.37. The number of nitro benzene ring substituents is 1. The maximum absolute atomic E-state index is 13.9. The highest BCUT2D eigenvalue weighted by atomic mass is 32.1. The Hall–Kier alpha value is -4.81. The summed E-state index contributed by atoms with van der Waals surface area (Å²) < 4.78 is 0. The Balaban J connectivity index is 1.46. The number of nitrogens with zero attached hydrogens (tertiary/aromatic N) is 2. The molecule has 0 radical (unpaired) electrons. The third-order valence-corrected chi connectivity index (χ3v) is 8.48. The van der Waals surface area contributed by atoms with Gasteiger partial charge in [0.2, 0.25) is 11.8 Å². The molecule has 5 rings (SSSR count). The maximum atomic E-state index is 13.9. The molecule has 41 heavy (non-hydrogen) atoms. The van der Waals surface area contributed by atoms with Gasteiger partial charge in [-0.05, 0) is 47.9 Å². The summed E-state index contributed by atoms with van der Waals surface area (Å²) in [6, 6.07) is 25.9. The molecule has 0 saturated carbocycles. The molecule has 206 valence electrons. The van der Waals surface area contributed by atoms with Crippen LogP contribution in [0.25, 0.3) is 0 Å². The van der Waals surface area contributed by atoms with E-state index in [-0.39, 0.29) is 18.0 Å². The van der Waals surface area contributed by atoms with E-state index in [0.29, 0.717) is 16.1 Å². The summed E-state index contributed by atoms with van der Waals surface area (Å²) in [6.07, 6.45) is 3.85. The number of fused-ring (bicyclic) bond motifs is 1. The van der Waals surface area contributed by atoms with Crippen molar-refractivity contribution in [2.75, 3.05) is 5.32 Å². The maximum Gasteiger partial charge on any atom is 0.269 e. The second kappa shape index (κ2) is 12.6. The lowest BCUT2D eigenvalue weighted by molar-refractivity contribution is -0.384. The number of rotatable bonds is 9. The Kier molecular flexibility index (Phi) is 8.51. The van der Waals surface area contributed by atoms with Gasteiger partial charge >= 0.3 is 0 Å². The number of anilines is 1.